The van der Waals surface area contributed by atoms with E-state index in [2.05, 4.69) is 43.1 Å². The van der Waals surface area contributed by atoms with Crippen LogP contribution in [0.2, 0.25) is 0 Å². The van der Waals surface area contributed by atoms with Gasteiger partial charge in [0, 0.05) is 12.0 Å². The standard InChI is InChI=1S/C15H18N2O2/c1-9-6-11(3)13(7-10(9)2)15-12(8-16-17-15)4-5-14(18)19/h6-8H,4-5H2,1-3H3,(H,16,17)(H,18,19). The van der Waals surface area contributed by atoms with Gasteiger partial charge in [-0.25, -0.2) is 0 Å². The van der Waals surface area contributed by atoms with Gasteiger partial charge in [-0.15, -0.1) is 0 Å². The molecule has 2 aromatic rings. The van der Waals surface area contributed by atoms with Crippen molar-refractivity contribution in [1.29, 1.82) is 0 Å². The van der Waals surface area contributed by atoms with E-state index >= 15 is 0 Å². The maximum Gasteiger partial charge on any atom is 0.303 e. The Labute approximate surface area is 112 Å². The molecule has 0 amide bonds. The number of aryl methyl sites for hydroxylation is 4. The number of hydrogen-bond donors (Lipinski definition) is 2. The van der Waals surface area contributed by atoms with E-state index in [9.17, 15) is 4.79 Å². The lowest BCUT2D eigenvalue weighted by Crippen LogP contribution is -1.98. The summed E-state index contributed by atoms with van der Waals surface area (Å²) >= 11 is 0. The predicted octanol–water partition coefficient (Wildman–Crippen LogP) is 3.02. The summed E-state index contributed by atoms with van der Waals surface area (Å²) in [6.45, 7) is 6.22. The monoisotopic (exact) mass is 258 g/mol. The number of carbonyl (C=O) groups is 1. The van der Waals surface area contributed by atoms with E-state index in [4.69, 9.17) is 5.11 Å². The molecule has 0 spiro atoms. The van der Waals surface area contributed by atoms with Crippen molar-refractivity contribution >= 4 is 5.97 Å². The van der Waals surface area contributed by atoms with Crippen molar-refractivity contribution < 1.29 is 9.90 Å². The largest absolute Gasteiger partial charge is 0.481 e. The summed E-state index contributed by atoms with van der Waals surface area (Å²) in [7, 11) is 0. The molecule has 0 fully saturated rings. The van der Waals surface area contributed by atoms with Crippen molar-refractivity contribution in [1.82, 2.24) is 10.2 Å². The van der Waals surface area contributed by atoms with Crippen molar-refractivity contribution in [3.05, 3.63) is 40.6 Å². The summed E-state index contributed by atoms with van der Waals surface area (Å²) in [5.41, 5.74) is 6.63. The second-order valence-corrected chi connectivity index (χ2v) is 4.92. The van der Waals surface area contributed by atoms with Gasteiger partial charge in [0.2, 0.25) is 0 Å². The molecule has 0 saturated heterocycles. The van der Waals surface area contributed by atoms with Crippen LogP contribution in [0.1, 0.15) is 28.7 Å². The minimum absolute atomic E-state index is 0.121. The van der Waals surface area contributed by atoms with E-state index < -0.39 is 5.97 Å². The SMILES string of the molecule is Cc1cc(C)c(-c2[nH]ncc2CCC(=O)O)cc1C. The number of rotatable bonds is 4. The van der Waals surface area contributed by atoms with Crippen molar-refractivity contribution in [2.75, 3.05) is 0 Å². The normalized spacial score (nSPS) is 10.7. The lowest BCUT2D eigenvalue weighted by atomic mass is 9.96. The highest BCUT2D eigenvalue weighted by Crippen LogP contribution is 2.28. The lowest BCUT2D eigenvalue weighted by Gasteiger charge is -2.10. The van der Waals surface area contributed by atoms with Gasteiger partial charge < -0.3 is 5.11 Å². The Morgan fingerprint density at radius 3 is 2.58 bits per heavy atom. The fraction of sp³-hybridized carbons (Fsp3) is 0.333. The van der Waals surface area contributed by atoms with Crippen LogP contribution in [0, 0.1) is 20.8 Å². The van der Waals surface area contributed by atoms with Crippen molar-refractivity contribution in [3.8, 4) is 11.3 Å². The molecule has 0 bridgehead atoms. The van der Waals surface area contributed by atoms with Gasteiger partial charge in [-0.3, -0.25) is 9.89 Å². The molecule has 2 N–H and O–H groups in total. The maximum atomic E-state index is 10.7. The lowest BCUT2D eigenvalue weighted by molar-refractivity contribution is -0.136. The molecule has 100 valence electrons. The molecule has 4 nitrogen and oxygen atoms in total. The van der Waals surface area contributed by atoms with Gasteiger partial charge in [-0.05, 0) is 55.5 Å². The topological polar surface area (TPSA) is 66.0 Å². The molecule has 0 aliphatic carbocycles. The molecule has 4 heteroatoms. The van der Waals surface area contributed by atoms with Crippen molar-refractivity contribution in [3.63, 3.8) is 0 Å². The van der Waals surface area contributed by atoms with E-state index in [0.29, 0.717) is 6.42 Å². The fourth-order valence-corrected chi connectivity index (χ4v) is 2.21. The number of aromatic nitrogens is 2. The van der Waals surface area contributed by atoms with Gasteiger partial charge in [-0.1, -0.05) is 6.07 Å². The van der Waals surface area contributed by atoms with Crippen LogP contribution in [0.3, 0.4) is 0 Å². The van der Waals surface area contributed by atoms with Crippen LogP contribution < -0.4 is 0 Å². The van der Waals surface area contributed by atoms with Gasteiger partial charge in [0.15, 0.2) is 0 Å². The minimum atomic E-state index is -0.788. The number of aliphatic carboxylic acids is 1. The third kappa shape index (κ3) is 2.84. The van der Waals surface area contributed by atoms with Gasteiger partial charge >= 0.3 is 5.97 Å². The number of H-pyrrole nitrogens is 1. The van der Waals surface area contributed by atoms with Crippen LogP contribution in [0.25, 0.3) is 11.3 Å². The molecular weight excluding hydrogens is 240 g/mol. The van der Waals surface area contributed by atoms with E-state index in [1.807, 2.05) is 0 Å². The second-order valence-electron chi connectivity index (χ2n) is 4.92. The summed E-state index contributed by atoms with van der Waals surface area (Å²) in [4.78, 5) is 10.7. The number of nitrogens with one attached hydrogen (secondary N) is 1. The Kier molecular flexibility index (Phi) is 3.69. The highest BCUT2D eigenvalue weighted by atomic mass is 16.4. The highest BCUT2D eigenvalue weighted by Gasteiger charge is 2.12. The van der Waals surface area contributed by atoms with E-state index in [0.717, 1.165) is 16.8 Å². The molecule has 2 rings (SSSR count). The molecule has 1 aromatic heterocycles. The first-order valence-corrected chi connectivity index (χ1v) is 6.31. The van der Waals surface area contributed by atoms with Gasteiger partial charge in [0.1, 0.15) is 0 Å². The molecule has 0 aliphatic rings. The smallest absolute Gasteiger partial charge is 0.303 e. The maximum absolute atomic E-state index is 10.7. The Balaban J connectivity index is 2.40. The molecule has 0 radical (unpaired) electrons. The number of aromatic amines is 1. The minimum Gasteiger partial charge on any atom is -0.481 e. The summed E-state index contributed by atoms with van der Waals surface area (Å²) in [6, 6.07) is 4.27. The zero-order chi connectivity index (χ0) is 14.0. The van der Waals surface area contributed by atoms with Gasteiger partial charge in [0.25, 0.3) is 0 Å². The number of benzene rings is 1. The Morgan fingerprint density at radius 1 is 1.21 bits per heavy atom. The fourth-order valence-electron chi connectivity index (χ4n) is 2.21. The molecule has 0 aliphatic heterocycles. The molecule has 19 heavy (non-hydrogen) atoms. The average molecular weight is 258 g/mol. The van der Waals surface area contributed by atoms with Crippen LogP contribution in [-0.4, -0.2) is 21.3 Å². The third-order valence-electron chi connectivity index (χ3n) is 3.44. The van der Waals surface area contributed by atoms with Crippen LogP contribution in [0.4, 0.5) is 0 Å². The highest BCUT2D eigenvalue weighted by molar-refractivity contribution is 5.70. The first-order chi connectivity index (χ1) is 8.99. The Morgan fingerprint density at radius 2 is 1.89 bits per heavy atom. The summed E-state index contributed by atoms with van der Waals surface area (Å²) < 4.78 is 0. The predicted molar refractivity (Wildman–Crippen MR) is 74.2 cm³/mol. The van der Waals surface area contributed by atoms with Crippen LogP contribution in [-0.2, 0) is 11.2 Å². The number of carboxylic acids is 1. The molecule has 0 saturated carbocycles. The first-order valence-electron chi connectivity index (χ1n) is 6.31. The van der Waals surface area contributed by atoms with Crippen LogP contribution in [0.15, 0.2) is 18.3 Å². The number of hydrogen-bond acceptors (Lipinski definition) is 2. The van der Waals surface area contributed by atoms with E-state index in [-0.39, 0.29) is 6.42 Å². The van der Waals surface area contributed by atoms with Crippen molar-refractivity contribution in [2.45, 2.75) is 33.6 Å². The van der Waals surface area contributed by atoms with Crippen LogP contribution >= 0.6 is 0 Å². The summed E-state index contributed by atoms with van der Waals surface area (Å²) in [5, 5.41) is 15.8. The summed E-state index contributed by atoms with van der Waals surface area (Å²) in [5.74, 6) is -0.788. The molecule has 1 aromatic carbocycles. The number of nitrogens with zero attached hydrogens (tertiary/aromatic N) is 1. The van der Waals surface area contributed by atoms with Gasteiger partial charge in [0.05, 0.1) is 11.9 Å². The second kappa shape index (κ2) is 5.26. The van der Waals surface area contributed by atoms with Crippen molar-refractivity contribution in [2.24, 2.45) is 0 Å². The zero-order valence-electron chi connectivity index (χ0n) is 11.4. The third-order valence-corrected chi connectivity index (χ3v) is 3.44. The van der Waals surface area contributed by atoms with E-state index in [1.165, 1.54) is 16.7 Å². The first kappa shape index (κ1) is 13.3. The number of carboxylic acid groups (broad SMARTS) is 1. The Bertz CT molecular complexity index is 615. The molecule has 0 unspecified atom stereocenters. The summed E-state index contributed by atoms with van der Waals surface area (Å²) in [6.07, 6.45) is 2.33. The molecule has 1 heterocycles. The molecular formula is C15H18N2O2. The molecule has 0 atom stereocenters. The van der Waals surface area contributed by atoms with Crippen LogP contribution in [0.5, 0.6) is 0 Å². The zero-order valence-corrected chi connectivity index (χ0v) is 11.4. The van der Waals surface area contributed by atoms with E-state index in [1.54, 1.807) is 6.20 Å². The quantitative estimate of drug-likeness (QED) is 0.885. The average Bonchev–Trinajstić information content (AvgIpc) is 2.79. The van der Waals surface area contributed by atoms with Gasteiger partial charge in [-0.2, -0.15) is 5.10 Å². The Hall–Kier alpha value is -2.10.